The SMILES string of the molecule is CC(=O)OC1CCN(CC[C@H](NC(=O)OCC2c3ccccc3-c3ccccc32)C(=O)Nc2ccc(Cl)c(Cl)c2F)CC1. The number of halogens is 3. The molecule has 8 nitrogen and oxygen atoms in total. The van der Waals surface area contributed by atoms with Crippen molar-refractivity contribution in [2.45, 2.75) is 44.2 Å². The standard InChI is InChI=1S/C32H32Cl2FN3O5/c1-19(39)43-20-12-15-38(16-13-20)17-14-28(31(40)36-27-11-10-26(33)29(34)30(27)35)37-32(41)42-18-25-23-8-4-2-6-21(23)22-7-3-5-9-24(22)25/h2-11,20,25,28H,12-18H2,1H3,(H,36,40)(H,37,41)/t28-/m0/s1. The number of benzene rings is 3. The summed E-state index contributed by atoms with van der Waals surface area (Å²) in [6, 6.07) is 17.7. The summed E-state index contributed by atoms with van der Waals surface area (Å²) in [6.07, 6.45) is 0.682. The van der Waals surface area contributed by atoms with Gasteiger partial charge in [0.25, 0.3) is 0 Å². The van der Waals surface area contributed by atoms with Crippen molar-refractivity contribution in [2.24, 2.45) is 0 Å². The monoisotopic (exact) mass is 627 g/mol. The molecule has 1 saturated heterocycles. The highest BCUT2D eigenvalue weighted by molar-refractivity contribution is 6.42. The van der Waals surface area contributed by atoms with Crippen LogP contribution in [0.4, 0.5) is 14.9 Å². The van der Waals surface area contributed by atoms with Crippen LogP contribution in [-0.4, -0.2) is 61.3 Å². The van der Waals surface area contributed by atoms with Gasteiger partial charge in [-0.05, 0) is 53.6 Å². The van der Waals surface area contributed by atoms with E-state index in [1.165, 1.54) is 19.1 Å². The number of hydrogen-bond donors (Lipinski definition) is 2. The minimum Gasteiger partial charge on any atom is -0.462 e. The van der Waals surface area contributed by atoms with Crippen LogP contribution in [0.2, 0.25) is 10.0 Å². The first-order chi connectivity index (χ1) is 20.7. The van der Waals surface area contributed by atoms with E-state index >= 15 is 0 Å². The average Bonchev–Trinajstić information content (AvgIpc) is 3.32. The zero-order valence-electron chi connectivity index (χ0n) is 23.6. The van der Waals surface area contributed by atoms with Gasteiger partial charge in [0.15, 0.2) is 5.82 Å². The predicted octanol–water partition coefficient (Wildman–Crippen LogP) is 6.40. The number of esters is 1. The molecule has 1 aliphatic carbocycles. The second-order valence-electron chi connectivity index (χ2n) is 10.7. The molecular weight excluding hydrogens is 596 g/mol. The number of fused-ring (bicyclic) bond motifs is 3. The van der Waals surface area contributed by atoms with E-state index in [4.69, 9.17) is 32.7 Å². The van der Waals surface area contributed by atoms with Gasteiger partial charge >= 0.3 is 12.1 Å². The van der Waals surface area contributed by atoms with Crippen LogP contribution in [0.15, 0.2) is 60.7 Å². The van der Waals surface area contributed by atoms with Gasteiger partial charge in [-0.2, -0.15) is 0 Å². The molecule has 5 rings (SSSR count). The molecule has 0 aromatic heterocycles. The Morgan fingerprint density at radius 2 is 1.60 bits per heavy atom. The summed E-state index contributed by atoms with van der Waals surface area (Å²) in [5.74, 6) is -1.94. The number of ether oxygens (including phenoxy) is 2. The smallest absolute Gasteiger partial charge is 0.407 e. The zero-order chi connectivity index (χ0) is 30.5. The molecule has 0 unspecified atom stereocenters. The molecular formula is C32H32Cl2FN3O5. The fourth-order valence-corrected chi connectivity index (χ4v) is 6.00. The number of hydrogen-bond acceptors (Lipinski definition) is 6. The number of carbonyl (C=O) groups is 3. The van der Waals surface area contributed by atoms with Crippen molar-refractivity contribution in [3.63, 3.8) is 0 Å². The highest BCUT2D eigenvalue weighted by Crippen LogP contribution is 2.44. The molecule has 43 heavy (non-hydrogen) atoms. The number of rotatable bonds is 9. The van der Waals surface area contributed by atoms with E-state index in [2.05, 4.69) is 15.5 Å². The Balaban J connectivity index is 1.25. The van der Waals surface area contributed by atoms with Crippen LogP contribution in [0.3, 0.4) is 0 Å². The van der Waals surface area contributed by atoms with Crippen molar-refractivity contribution in [2.75, 3.05) is 31.6 Å². The average molecular weight is 629 g/mol. The largest absolute Gasteiger partial charge is 0.462 e. The maximum Gasteiger partial charge on any atom is 0.407 e. The van der Waals surface area contributed by atoms with E-state index in [1.54, 1.807) is 0 Å². The highest BCUT2D eigenvalue weighted by atomic mass is 35.5. The van der Waals surface area contributed by atoms with Gasteiger partial charge in [-0.1, -0.05) is 71.7 Å². The minimum absolute atomic E-state index is 0.0163. The van der Waals surface area contributed by atoms with Crippen LogP contribution in [0.1, 0.15) is 43.2 Å². The van der Waals surface area contributed by atoms with E-state index in [-0.39, 0.29) is 46.8 Å². The Hall–Kier alpha value is -3.66. The third kappa shape index (κ3) is 7.29. The lowest BCUT2D eigenvalue weighted by atomic mass is 9.98. The van der Waals surface area contributed by atoms with Crippen LogP contribution in [0, 0.1) is 5.82 Å². The number of alkyl carbamates (subject to hydrolysis) is 1. The number of piperidine rings is 1. The number of likely N-dealkylation sites (tertiary alicyclic amines) is 1. The van der Waals surface area contributed by atoms with Crippen LogP contribution in [0.25, 0.3) is 11.1 Å². The minimum atomic E-state index is -1.03. The zero-order valence-corrected chi connectivity index (χ0v) is 25.1. The third-order valence-corrected chi connectivity index (χ3v) is 8.63. The van der Waals surface area contributed by atoms with Crippen molar-refractivity contribution in [3.8, 4) is 11.1 Å². The molecule has 1 aliphatic heterocycles. The summed E-state index contributed by atoms with van der Waals surface area (Å²) in [5.41, 5.74) is 4.19. The molecule has 3 aromatic rings. The van der Waals surface area contributed by atoms with E-state index in [1.807, 2.05) is 48.5 Å². The van der Waals surface area contributed by atoms with Gasteiger partial charge < -0.3 is 25.0 Å². The lowest BCUT2D eigenvalue weighted by Crippen LogP contribution is -2.47. The Morgan fingerprint density at radius 1 is 0.977 bits per heavy atom. The maximum atomic E-state index is 14.7. The Morgan fingerprint density at radius 3 is 2.23 bits per heavy atom. The molecule has 0 bridgehead atoms. The van der Waals surface area contributed by atoms with Crippen molar-refractivity contribution < 1.29 is 28.2 Å². The summed E-state index contributed by atoms with van der Waals surface area (Å²) in [4.78, 5) is 39.8. The Kier molecular flexibility index (Phi) is 9.85. The van der Waals surface area contributed by atoms with E-state index < -0.39 is 23.9 Å². The molecule has 1 atom stereocenters. The molecule has 1 fully saturated rings. The second-order valence-corrected chi connectivity index (χ2v) is 11.5. The molecule has 0 saturated carbocycles. The summed E-state index contributed by atoms with van der Waals surface area (Å²) in [5, 5.41) is 4.91. The molecule has 0 radical (unpaired) electrons. The number of amides is 2. The van der Waals surface area contributed by atoms with Gasteiger partial charge in [0.1, 0.15) is 18.8 Å². The van der Waals surface area contributed by atoms with Gasteiger partial charge in [-0.15, -0.1) is 0 Å². The lowest BCUT2D eigenvalue weighted by molar-refractivity contribution is -0.148. The maximum absolute atomic E-state index is 14.7. The summed E-state index contributed by atoms with van der Waals surface area (Å²) in [7, 11) is 0. The number of nitrogens with one attached hydrogen (secondary N) is 2. The van der Waals surface area contributed by atoms with Gasteiger partial charge in [0, 0.05) is 32.5 Å². The predicted molar refractivity (Wildman–Crippen MR) is 163 cm³/mol. The molecule has 1 heterocycles. The third-order valence-electron chi connectivity index (χ3n) is 7.85. The normalized spacial score (nSPS) is 15.7. The van der Waals surface area contributed by atoms with Gasteiger partial charge in [0.2, 0.25) is 5.91 Å². The van der Waals surface area contributed by atoms with Gasteiger partial charge in [-0.25, -0.2) is 9.18 Å². The van der Waals surface area contributed by atoms with E-state index in [9.17, 15) is 18.8 Å². The van der Waals surface area contributed by atoms with Crippen molar-refractivity contribution in [1.82, 2.24) is 10.2 Å². The highest BCUT2D eigenvalue weighted by Gasteiger charge is 2.30. The summed E-state index contributed by atoms with van der Waals surface area (Å²) < 4.78 is 25.7. The summed E-state index contributed by atoms with van der Waals surface area (Å²) >= 11 is 11.8. The van der Waals surface area contributed by atoms with Gasteiger partial charge in [0.05, 0.1) is 15.7 Å². The fraction of sp³-hybridized carbons (Fsp3) is 0.344. The molecule has 11 heteroatoms. The van der Waals surface area contributed by atoms with Crippen molar-refractivity contribution in [1.29, 1.82) is 0 Å². The molecule has 0 spiro atoms. The molecule has 2 N–H and O–H groups in total. The Bertz CT molecular complexity index is 1470. The quantitative estimate of drug-likeness (QED) is 0.211. The first kappa shape index (κ1) is 30.8. The van der Waals surface area contributed by atoms with Crippen molar-refractivity contribution >= 4 is 46.9 Å². The number of nitrogens with zero attached hydrogens (tertiary/aromatic N) is 1. The van der Waals surface area contributed by atoms with E-state index in [0.717, 1.165) is 22.3 Å². The first-order valence-corrected chi connectivity index (χ1v) is 14.9. The molecule has 3 aromatic carbocycles. The number of carbonyl (C=O) groups excluding carboxylic acids is 3. The molecule has 226 valence electrons. The molecule has 2 aliphatic rings. The van der Waals surface area contributed by atoms with Gasteiger partial charge in [-0.3, -0.25) is 9.59 Å². The van der Waals surface area contributed by atoms with Crippen LogP contribution in [-0.2, 0) is 19.1 Å². The number of anilines is 1. The van der Waals surface area contributed by atoms with Crippen LogP contribution < -0.4 is 10.6 Å². The second kappa shape index (κ2) is 13.8. The Labute approximate surface area is 259 Å². The first-order valence-electron chi connectivity index (χ1n) is 14.2. The van der Waals surface area contributed by atoms with Crippen LogP contribution in [0.5, 0.6) is 0 Å². The van der Waals surface area contributed by atoms with Crippen LogP contribution >= 0.6 is 23.2 Å². The summed E-state index contributed by atoms with van der Waals surface area (Å²) in [6.45, 7) is 3.27. The van der Waals surface area contributed by atoms with Crippen molar-refractivity contribution in [3.05, 3.63) is 87.7 Å². The van der Waals surface area contributed by atoms with E-state index in [0.29, 0.717) is 32.5 Å². The fourth-order valence-electron chi connectivity index (χ4n) is 5.69. The molecule has 2 amide bonds. The lowest BCUT2D eigenvalue weighted by Gasteiger charge is -2.32. The topological polar surface area (TPSA) is 97.0 Å².